The highest BCUT2D eigenvalue weighted by Crippen LogP contribution is 2.17. The van der Waals surface area contributed by atoms with Crippen molar-refractivity contribution >= 4 is 29.0 Å². The van der Waals surface area contributed by atoms with Gasteiger partial charge in [-0.25, -0.2) is 9.98 Å². The summed E-state index contributed by atoms with van der Waals surface area (Å²) in [4.78, 5) is 18.9. The van der Waals surface area contributed by atoms with Crippen molar-refractivity contribution in [2.24, 2.45) is 15.0 Å². The molecule has 0 amide bonds. The molecule has 5 nitrogen and oxygen atoms in total. The van der Waals surface area contributed by atoms with Crippen LogP contribution in [0.25, 0.3) is 0 Å². The zero-order chi connectivity index (χ0) is 17.2. The molecule has 1 fully saturated rings. The van der Waals surface area contributed by atoms with Gasteiger partial charge in [-0.3, -0.25) is 9.89 Å². The Labute approximate surface area is 153 Å². The summed E-state index contributed by atoms with van der Waals surface area (Å²) < 4.78 is 0. The summed E-state index contributed by atoms with van der Waals surface area (Å²) in [7, 11) is 2.17. The van der Waals surface area contributed by atoms with Crippen LogP contribution in [0.15, 0.2) is 51.4 Å². The maximum Gasteiger partial charge on any atom is 0.176 e. The molecule has 1 aromatic carbocycles. The number of fused-ring (bicyclic) bond motifs is 1. The number of aliphatic imine (C=N–C) groups is 3. The number of dihydropyridines is 1. The van der Waals surface area contributed by atoms with Crippen molar-refractivity contribution < 1.29 is 0 Å². The smallest absolute Gasteiger partial charge is 0.176 e. The molecule has 0 aliphatic carbocycles. The molecule has 0 radical (unpaired) electrons. The summed E-state index contributed by atoms with van der Waals surface area (Å²) in [6, 6.07) is 8.06. The van der Waals surface area contributed by atoms with E-state index in [1.165, 1.54) is 5.56 Å². The quantitative estimate of drug-likeness (QED) is 0.832. The van der Waals surface area contributed by atoms with Gasteiger partial charge in [-0.15, -0.1) is 0 Å². The van der Waals surface area contributed by atoms with Gasteiger partial charge in [0.15, 0.2) is 5.84 Å². The first-order valence-electron chi connectivity index (χ1n) is 8.74. The van der Waals surface area contributed by atoms with Crippen molar-refractivity contribution in [1.29, 1.82) is 0 Å². The zero-order valence-corrected chi connectivity index (χ0v) is 15.2. The van der Waals surface area contributed by atoms with E-state index in [4.69, 9.17) is 16.6 Å². The fourth-order valence-corrected chi connectivity index (χ4v) is 3.38. The third-order valence-corrected chi connectivity index (χ3v) is 5.05. The molecule has 1 aromatic rings. The van der Waals surface area contributed by atoms with Crippen molar-refractivity contribution in [2.45, 2.75) is 12.5 Å². The number of hydrogen-bond acceptors (Lipinski definition) is 5. The Morgan fingerprint density at radius 1 is 1.08 bits per heavy atom. The van der Waals surface area contributed by atoms with Crippen LogP contribution in [0.5, 0.6) is 0 Å². The second-order valence-electron chi connectivity index (χ2n) is 6.81. The fourth-order valence-electron chi connectivity index (χ4n) is 3.26. The molecule has 4 rings (SSSR count). The van der Waals surface area contributed by atoms with Gasteiger partial charge < -0.3 is 4.90 Å². The molecule has 6 heteroatoms. The Kier molecular flexibility index (Phi) is 4.79. The van der Waals surface area contributed by atoms with Gasteiger partial charge in [0.2, 0.25) is 0 Å². The van der Waals surface area contributed by atoms with Crippen molar-refractivity contribution in [3.8, 4) is 0 Å². The zero-order valence-electron chi connectivity index (χ0n) is 14.4. The molecule has 0 bridgehead atoms. The van der Waals surface area contributed by atoms with E-state index in [1.807, 2.05) is 12.1 Å². The predicted molar refractivity (Wildman–Crippen MR) is 104 cm³/mol. The summed E-state index contributed by atoms with van der Waals surface area (Å²) in [6.07, 6.45) is 5.03. The second-order valence-corrected chi connectivity index (χ2v) is 7.25. The van der Waals surface area contributed by atoms with Gasteiger partial charge in [0.1, 0.15) is 11.5 Å². The molecule has 3 aliphatic heterocycles. The second kappa shape index (κ2) is 7.20. The van der Waals surface area contributed by atoms with Crippen molar-refractivity contribution in [3.63, 3.8) is 0 Å². The number of halogens is 1. The fraction of sp³-hybridized carbons (Fsp3) is 0.421. The van der Waals surface area contributed by atoms with Crippen molar-refractivity contribution in [2.75, 3.05) is 39.8 Å². The van der Waals surface area contributed by atoms with E-state index in [-0.39, 0.29) is 6.04 Å². The Hall–Kier alpha value is -1.82. The Bertz CT molecular complexity index is 755. The Morgan fingerprint density at radius 2 is 1.84 bits per heavy atom. The van der Waals surface area contributed by atoms with Gasteiger partial charge in [-0.05, 0) is 37.2 Å². The molecule has 0 saturated carbocycles. The summed E-state index contributed by atoms with van der Waals surface area (Å²) >= 11 is 5.95. The van der Waals surface area contributed by atoms with E-state index in [9.17, 15) is 0 Å². The van der Waals surface area contributed by atoms with Gasteiger partial charge in [0.25, 0.3) is 0 Å². The Morgan fingerprint density at radius 3 is 2.60 bits per heavy atom. The number of benzene rings is 1. The third kappa shape index (κ3) is 4.06. The third-order valence-electron chi connectivity index (χ3n) is 4.80. The van der Waals surface area contributed by atoms with E-state index >= 15 is 0 Å². The van der Waals surface area contributed by atoms with Crippen LogP contribution in [0.4, 0.5) is 0 Å². The lowest BCUT2D eigenvalue weighted by Gasteiger charge is -2.31. The van der Waals surface area contributed by atoms with Crippen LogP contribution < -0.4 is 0 Å². The normalized spacial score (nSPS) is 23.9. The van der Waals surface area contributed by atoms with Crippen LogP contribution in [0.2, 0.25) is 5.02 Å². The molecule has 1 unspecified atom stereocenters. The van der Waals surface area contributed by atoms with E-state index < -0.39 is 0 Å². The lowest BCUT2D eigenvalue weighted by atomic mass is 10.0. The predicted octanol–water partition coefficient (Wildman–Crippen LogP) is 2.32. The van der Waals surface area contributed by atoms with Crippen LogP contribution in [-0.4, -0.2) is 73.0 Å². The van der Waals surface area contributed by atoms with Crippen molar-refractivity contribution in [1.82, 2.24) is 9.80 Å². The molecular formula is C19H22ClN5. The van der Waals surface area contributed by atoms with Gasteiger partial charge in [-0.2, -0.15) is 0 Å². The summed E-state index contributed by atoms with van der Waals surface area (Å²) in [5.74, 6) is 1.67. The standard InChI is InChI=1S/C19H22ClN5/c1-24-8-10-25(11-9-24)13-18-22-17-7-6-16(21-19(17)23-18)12-14-2-4-15(20)5-3-14/h2-7,16H,8-13H2,1H3. The highest BCUT2D eigenvalue weighted by atomic mass is 35.5. The molecule has 25 heavy (non-hydrogen) atoms. The molecule has 1 saturated heterocycles. The van der Waals surface area contributed by atoms with E-state index in [1.54, 1.807) is 0 Å². The molecular weight excluding hydrogens is 334 g/mol. The maximum atomic E-state index is 5.95. The first-order valence-corrected chi connectivity index (χ1v) is 9.11. The summed E-state index contributed by atoms with van der Waals surface area (Å²) in [6.45, 7) is 5.16. The largest absolute Gasteiger partial charge is 0.304 e. The lowest BCUT2D eigenvalue weighted by Crippen LogP contribution is -2.45. The Balaban J connectivity index is 1.40. The highest BCUT2D eigenvalue weighted by Gasteiger charge is 2.23. The summed E-state index contributed by atoms with van der Waals surface area (Å²) in [5.41, 5.74) is 2.12. The van der Waals surface area contributed by atoms with E-state index in [0.717, 1.165) is 61.6 Å². The molecule has 0 aromatic heterocycles. The SMILES string of the molecule is CN1CCN(CC2=NC3=NC(Cc4ccc(Cl)cc4)C=CC3=N2)CC1. The topological polar surface area (TPSA) is 43.6 Å². The van der Waals surface area contributed by atoms with E-state index in [2.05, 4.69) is 51.1 Å². The molecule has 0 spiro atoms. The molecule has 130 valence electrons. The number of likely N-dealkylation sites (N-methyl/N-ethyl adjacent to an activating group) is 1. The minimum absolute atomic E-state index is 0.113. The first kappa shape index (κ1) is 16.6. The molecule has 1 atom stereocenters. The van der Waals surface area contributed by atoms with E-state index in [0.29, 0.717) is 0 Å². The molecule has 3 aliphatic rings. The minimum atomic E-state index is 0.113. The average molecular weight is 356 g/mol. The van der Waals surface area contributed by atoms with Crippen LogP contribution in [0.3, 0.4) is 0 Å². The van der Waals surface area contributed by atoms with Gasteiger partial charge in [0, 0.05) is 31.2 Å². The number of nitrogens with zero attached hydrogens (tertiary/aromatic N) is 5. The van der Waals surface area contributed by atoms with Crippen molar-refractivity contribution in [3.05, 3.63) is 47.0 Å². The minimum Gasteiger partial charge on any atom is -0.304 e. The van der Waals surface area contributed by atoms with Gasteiger partial charge >= 0.3 is 0 Å². The number of rotatable bonds is 4. The van der Waals surface area contributed by atoms with Crippen LogP contribution >= 0.6 is 11.6 Å². The molecule has 0 N–H and O–H groups in total. The molecule has 3 heterocycles. The first-order chi connectivity index (χ1) is 12.2. The van der Waals surface area contributed by atoms with Crippen LogP contribution in [0.1, 0.15) is 5.56 Å². The summed E-state index contributed by atoms with van der Waals surface area (Å²) in [5, 5.41) is 0.762. The maximum absolute atomic E-state index is 5.95. The lowest BCUT2D eigenvalue weighted by molar-refractivity contribution is 0.170. The van der Waals surface area contributed by atoms with Crippen LogP contribution in [-0.2, 0) is 6.42 Å². The highest BCUT2D eigenvalue weighted by molar-refractivity contribution is 6.51. The number of piperazine rings is 1. The van der Waals surface area contributed by atoms with Gasteiger partial charge in [-0.1, -0.05) is 29.8 Å². The van der Waals surface area contributed by atoms with Crippen LogP contribution in [0, 0.1) is 0 Å². The average Bonchev–Trinajstić information content (AvgIpc) is 3.00. The monoisotopic (exact) mass is 355 g/mol. The van der Waals surface area contributed by atoms with Gasteiger partial charge in [0.05, 0.1) is 12.6 Å². The number of amidine groups is 2. The number of hydrogen-bond donors (Lipinski definition) is 0.